The normalized spacial score (nSPS) is 16.2. The number of thiophene rings is 1. The number of hydrogen-bond donors (Lipinski definition) is 0. The molecule has 0 saturated heterocycles. The molecule has 0 bridgehead atoms. The molecule has 2 heterocycles. The summed E-state index contributed by atoms with van der Waals surface area (Å²) in [6.07, 6.45) is 1.27. The zero-order chi connectivity index (χ0) is 20.3. The third-order valence-corrected chi connectivity index (χ3v) is 6.29. The minimum Gasteiger partial charge on any atom is -0.333 e. The molecule has 0 aliphatic carbocycles. The molecule has 150 valence electrons. The van der Waals surface area contributed by atoms with E-state index in [1.807, 2.05) is 36.1 Å². The number of amides is 2. The van der Waals surface area contributed by atoms with E-state index in [4.69, 9.17) is 11.6 Å². The van der Waals surface area contributed by atoms with Crippen LogP contribution in [0.3, 0.4) is 0 Å². The van der Waals surface area contributed by atoms with Crippen LogP contribution in [0.25, 0.3) is 0 Å². The molecule has 3 rings (SSSR count). The molecule has 4 nitrogen and oxygen atoms in total. The molecule has 0 spiro atoms. The Morgan fingerprint density at radius 1 is 1.25 bits per heavy atom. The van der Waals surface area contributed by atoms with Gasteiger partial charge < -0.3 is 9.80 Å². The van der Waals surface area contributed by atoms with E-state index in [9.17, 15) is 9.59 Å². The molecular formula is C22H27ClN2O2S. The van der Waals surface area contributed by atoms with Gasteiger partial charge in [-0.3, -0.25) is 9.59 Å². The highest BCUT2D eigenvalue weighted by molar-refractivity contribution is 7.10. The summed E-state index contributed by atoms with van der Waals surface area (Å²) in [7, 11) is 0. The van der Waals surface area contributed by atoms with E-state index >= 15 is 0 Å². The van der Waals surface area contributed by atoms with Crippen LogP contribution in [-0.4, -0.2) is 41.2 Å². The molecule has 28 heavy (non-hydrogen) atoms. The van der Waals surface area contributed by atoms with Crippen LogP contribution >= 0.6 is 22.9 Å². The number of benzene rings is 1. The van der Waals surface area contributed by atoms with Crippen LogP contribution in [0.5, 0.6) is 0 Å². The monoisotopic (exact) mass is 418 g/mol. The van der Waals surface area contributed by atoms with E-state index in [-0.39, 0.29) is 24.4 Å². The summed E-state index contributed by atoms with van der Waals surface area (Å²) in [5.41, 5.74) is 2.23. The largest absolute Gasteiger partial charge is 0.333 e. The van der Waals surface area contributed by atoms with Gasteiger partial charge in [-0.05, 0) is 47.0 Å². The minimum absolute atomic E-state index is 0.000694. The standard InChI is InChI=1S/C22H27ClN2O2S/c1-4-20(26)24(13-15(2)3)14-21(27)25-11-9-19-18(10-12-28-19)22(25)16-5-7-17(23)8-6-16/h5-8,10,12,15,22H,4,9,11,13-14H2,1-3H3. The van der Waals surface area contributed by atoms with Crippen LogP contribution in [0.4, 0.5) is 0 Å². The van der Waals surface area contributed by atoms with Gasteiger partial charge in [-0.2, -0.15) is 0 Å². The summed E-state index contributed by atoms with van der Waals surface area (Å²) in [6, 6.07) is 9.70. The van der Waals surface area contributed by atoms with Crippen molar-refractivity contribution in [2.45, 2.75) is 39.7 Å². The van der Waals surface area contributed by atoms with Gasteiger partial charge in [0.2, 0.25) is 11.8 Å². The first-order valence-corrected chi connectivity index (χ1v) is 11.1. The first-order chi connectivity index (χ1) is 13.4. The number of rotatable bonds is 6. The van der Waals surface area contributed by atoms with E-state index < -0.39 is 0 Å². The SMILES string of the molecule is CCC(=O)N(CC(=O)N1CCc2sccc2C1c1ccc(Cl)cc1)CC(C)C. The van der Waals surface area contributed by atoms with Gasteiger partial charge in [-0.25, -0.2) is 0 Å². The van der Waals surface area contributed by atoms with E-state index in [1.165, 1.54) is 10.4 Å². The number of fused-ring (bicyclic) bond motifs is 1. The molecule has 2 aromatic rings. The molecule has 6 heteroatoms. The predicted molar refractivity (Wildman–Crippen MR) is 115 cm³/mol. The van der Waals surface area contributed by atoms with Crippen molar-refractivity contribution in [2.75, 3.05) is 19.6 Å². The van der Waals surface area contributed by atoms with E-state index in [1.54, 1.807) is 16.2 Å². The third-order valence-electron chi connectivity index (χ3n) is 5.04. The van der Waals surface area contributed by atoms with Crippen molar-refractivity contribution < 1.29 is 9.59 Å². The molecule has 1 unspecified atom stereocenters. The lowest BCUT2D eigenvalue weighted by atomic mass is 9.93. The molecule has 1 atom stereocenters. The highest BCUT2D eigenvalue weighted by atomic mass is 35.5. The Morgan fingerprint density at radius 3 is 2.61 bits per heavy atom. The van der Waals surface area contributed by atoms with Crippen LogP contribution in [0.2, 0.25) is 5.02 Å². The van der Waals surface area contributed by atoms with Gasteiger partial charge in [0.15, 0.2) is 0 Å². The second-order valence-corrected chi connectivity index (χ2v) is 9.05. The number of carbonyl (C=O) groups is 2. The number of halogens is 1. The molecular weight excluding hydrogens is 392 g/mol. The Bertz CT molecular complexity index is 831. The fourth-order valence-corrected chi connectivity index (χ4v) is 4.79. The molecule has 0 saturated carbocycles. The smallest absolute Gasteiger partial charge is 0.242 e. The van der Waals surface area contributed by atoms with Crippen molar-refractivity contribution >= 4 is 34.8 Å². The maximum Gasteiger partial charge on any atom is 0.242 e. The molecule has 1 aromatic heterocycles. The highest BCUT2D eigenvalue weighted by Crippen LogP contribution is 2.38. The van der Waals surface area contributed by atoms with Gasteiger partial charge >= 0.3 is 0 Å². The minimum atomic E-state index is -0.127. The number of nitrogens with zero attached hydrogens (tertiary/aromatic N) is 2. The van der Waals surface area contributed by atoms with Crippen LogP contribution in [0.1, 0.15) is 49.2 Å². The average molecular weight is 419 g/mol. The van der Waals surface area contributed by atoms with Crippen molar-refractivity contribution in [1.82, 2.24) is 9.80 Å². The Labute approximate surface area is 176 Å². The van der Waals surface area contributed by atoms with Gasteiger partial charge in [0.25, 0.3) is 0 Å². The predicted octanol–water partition coefficient (Wildman–Crippen LogP) is 4.77. The third kappa shape index (κ3) is 4.58. The van der Waals surface area contributed by atoms with Gasteiger partial charge in [0.1, 0.15) is 0 Å². The van der Waals surface area contributed by atoms with E-state index in [0.29, 0.717) is 30.5 Å². The second kappa shape index (κ2) is 9.10. The van der Waals surface area contributed by atoms with Gasteiger partial charge in [-0.1, -0.05) is 44.5 Å². The molecule has 1 aromatic carbocycles. The summed E-state index contributed by atoms with van der Waals surface area (Å²) >= 11 is 7.82. The lowest BCUT2D eigenvalue weighted by molar-refractivity contribution is -0.142. The highest BCUT2D eigenvalue weighted by Gasteiger charge is 2.33. The molecule has 0 fully saturated rings. The lowest BCUT2D eigenvalue weighted by Gasteiger charge is -2.38. The van der Waals surface area contributed by atoms with Crippen molar-refractivity contribution in [1.29, 1.82) is 0 Å². The maximum atomic E-state index is 13.3. The maximum absolute atomic E-state index is 13.3. The Morgan fingerprint density at radius 2 is 1.96 bits per heavy atom. The van der Waals surface area contributed by atoms with Crippen LogP contribution in [0, 0.1) is 5.92 Å². The summed E-state index contributed by atoms with van der Waals surface area (Å²) in [6.45, 7) is 7.37. The topological polar surface area (TPSA) is 40.6 Å². The molecule has 0 radical (unpaired) electrons. The first-order valence-electron chi connectivity index (χ1n) is 9.79. The van der Waals surface area contributed by atoms with Crippen molar-refractivity contribution in [3.05, 3.63) is 56.7 Å². The number of hydrogen-bond acceptors (Lipinski definition) is 3. The Hall–Kier alpha value is -1.85. The van der Waals surface area contributed by atoms with Gasteiger partial charge in [0, 0.05) is 29.4 Å². The van der Waals surface area contributed by atoms with Crippen molar-refractivity contribution in [3.63, 3.8) is 0 Å². The zero-order valence-corrected chi connectivity index (χ0v) is 18.2. The summed E-state index contributed by atoms with van der Waals surface area (Å²) < 4.78 is 0. The second-order valence-electron chi connectivity index (χ2n) is 7.61. The van der Waals surface area contributed by atoms with E-state index in [2.05, 4.69) is 25.3 Å². The fraction of sp³-hybridized carbons (Fsp3) is 0.455. The fourth-order valence-electron chi connectivity index (χ4n) is 3.76. The van der Waals surface area contributed by atoms with Gasteiger partial charge in [-0.15, -0.1) is 11.3 Å². The quantitative estimate of drug-likeness (QED) is 0.677. The van der Waals surface area contributed by atoms with E-state index in [0.717, 1.165) is 12.0 Å². The van der Waals surface area contributed by atoms with Crippen LogP contribution in [-0.2, 0) is 16.0 Å². The molecule has 1 aliphatic rings. The summed E-state index contributed by atoms with van der Waals surface area (Å²) in [5, 5.41) is 2.77. The number of carbonyl (C=O) groups excluding carboxylic acids is 2. The zero-order valence-electron chi connectivity index (χ0n) is 16.7. The summed E-state index contributed by atoms with van der Waals surface area (Å²) in [4.78, 5) is 30.6. The molecule has 1 aliphatic heterocycles. The Balaban J connectivity index is 1.89. The molecule has 2 amide bonds. The van der Waals surface area contributed by atoms with Gasteiger partial charge in [0.05, 0.1) is 12.6 Å². The lowest BCUT2D eigenvalue weighted by Crippen LogP contribution is -2.47. The first kappa shape index (κ1) is 20.9. The Kier molecular flexibility index (Phi) is 6.78. The van der Waals surface area contributed by atoms with Crippen molar-refractivity contribution in [2.24, 2.45) is 5.92 Å². The average Bonchev–Trinajstić information content (AvgIpc) is 3.15. The van der Waals surface area contributed by atoms with Crippen molar-refractivity contribution in [3.8, 4) is 0 Å². The summed E-state index contributed by atoms with van der Waals surface area (Å²) in [5.74, 6) is 0.345. The van der Waals surface area contributed by atoms with Crippen LogP contribution in [0.15, 0.2) is 35.7 Å². The van der Waals surface area contributed by atoms with Crippen LogP contribution < -0.4 is 0 Å². The molecule has 0 N–H and O–H groups in total.